The number of nitrogens with zero attached hydrogens (tertiary/aromatic N) is 2. The van der Waals surface area contributed by atoms with Crippen molar-refractivity contribution in [2.24, 2.45) is 0 Å². The maximum Gasteiger partial charge on any atom is 0.234 e. The molecule has 0 bridgehead atoms. The molecule has 2 aromatic rings. The molecule has 0 radical (unpaired) electrons. The van der Waals surface area contributed by atoms with Crippen LogP contribution in [0.1, 0.15) is 37.0 Å². The Morgan fingerprint density at radius 3 is 3.05 bits per heavy atom. The predicted molar refractivity (Wildman–Crippen MR) is 80.7 cm³/mol. The van der Waals surface area contributed by atoms with Crippen LogP contribution in [0.5, 0.6) is 0 Å². The van der Waals surface area contributed by atoms with Gasteiger partial charge in [-0.3, -0.25) is 0 Å². The van der Waals surface area contributed by atoms with Gasteiger partial charge in [-0.05, 0) is 37.1 Å². The lowest BCUT2D eigenvalue weighted by atomic mass is 9.84. The van der Waals surface area contributed by atoms with Crippen LogP contribution in [0.3, 0.4) is 0 Å². The minimum Gasteiger partial charge on any atom is -0.339 e. The summed E-state index contributed by atoms with van der Waals surface area (Å²) >= 11 is 3.48. The molecule has 4 nitrogen and oxygen atoms in total. The van der Waals surface area contributed by atoms with Crippen LogP contribution in [0.15, 0.2) is 33.3 Å². The van der Waals surface area contributed by atoms with Crippen LogP contribution in [0.25, 0.3) is 0 Å². The highest BCUT2D eigenvalue weighted by molar-refractivity contribution is 9.10. The third-order valence-electron chi connectivity index (χ3n) is 4.09. The minimum absolute atomic E-state index is 0.0303. The Hall–Kier alpha value is -1.20. The number of hydrogen-bond donors (Lipinski definition) is 1. The second-order valence-corrected chi connectivity index (χ2v) is 6.30. The Kier molecular flexibility index (Phi) is 3.89. The van der Waals surface area contributed by atoms with Crippen LogP contribution in [-0.2, 0) is 11.8 Å². The van der Waals surface area contributed by atoms with Crippen LogP contribution in [-0.4, -0.2) is 23.2 Å². The maximum atomic E-state index is 5.53. The molecule has 1 saturated heterocycles. The highest BCUT2D eigenvalue weighted by Gasteiger charge is 2.39. The van der Waals surface area contributed by atoms with E-state index >= 15 is 0 Å². The molecule has 1 aromatic heterocycles. The fourth-order valence-electron chi connectivity index (χ4n) is 2.75. The summed E-state index contributed by atoms with van der Waals surface area (Å²) in [5, 5.41) is 7.54. The highest BCUT2D eigenvalue weighted by atomic mass is 79.9. The molecule has 1 aliphatic heterocycles. The van der Waals surface area contributed by atoms with Gasteiger partial charge in [0.25, 0.3) is 0 Å². The van der Waals surface area contributed by atoms with Crippen LogP contribution >= 0.6 is 15.9 Å². The molecule has 1 aliphatic rings. The van der Waals surface area contributed by atoms with Gasteiger partial charge in [0, 0.05) is 17.4 Å². The molecule has 1 N–H and O–H groups in total. The fourth-order valence-corrected chi connectivity index (χ4v) is 3.20. The molecule has 3 rings (SSSR count). The Morgan fingerprint density at radius 1 is 1.45 bits per heavy atom. The highest BCUT2D eigenvalue weighted by Crippen LogP contribution is 2.32. The number of rotatable bonds is 4. The number of benzene rings is 1. The van der Waals surface area contributed by atoms with Crippen molar-refractivity contribution in [2.45, 2.75) is 31.6 Å². The zero-order valence-electron chi connectivity index (χ0n) is 11.5. The molecule has 106 valence electrons. The molecular formula is C15H18BrN3O. The van der Waals surface area contributed by atoms with Gasteiger partial charge in [0.15, 0.2) is 5.82 Å². The summed E-state index contributed by atoms with van der Waals surface area (Å²) < 4.78 is 6.61. The van der Waals surface area contributed by atoms with E-state index in [1.54, 1.807) is 0 Å². The monoisotopic (exact) mass is 335 g/mol. The van der Waals surface area contributed by atoms with E-state index in [0.717, 1.165) is 42.1 Å². The second kappa shape index (κ2) is 5.66. The van der Waals surface area contributed by atoms with E-state index in [0.29, 0.717) is 6.42 Å². The lowest BCUT2D eigenvalue weighted by Crippen LogP contribution is -2.28. The van der Waals surface area contributed by atoms with E-state index in [9.17, 15) is 0 Å². The lowest BCUT2D eigenvalue weighted by Gasteiger charge is -2.20. The number of aromatic nitrogens is 2. The van der Waals surface area contributed by atoms with Crippen molar-refractivity contribution >= 4 is 15.9 Å². The fraction of sp³-hybridized carbons (Fsp3) is 0.467. The van der Waals surface area contributed by atoms with Gasteiger partial charge >= 0.3 is 0 Å². The summed E-state index contributed by atoms with van der Waals surface area (Å²) in [6.07, 6.45) is 2.80. The molecule has 1 aromatic carbocycles. The zero-order chi connectivity index (χ0) is 14.0. The maximum absolute atomic E-state index is 5.53. The minimum atomic E-state index is 0.0303. The SMILES string of the molecule is CCC1(c2nc(Cc3cccc(Br)c3)no2)CCNC1. The zero-order valence-corrected chi connectivity index (χ0v) is 13.1. The normalized spacial score (nSPS) is 22.3. The van der Waals surface area contributed by atoms with Gasteiger partial charge in [0.2, 0.25) is 5.89 Å². The Labute approximate surface area is 127 Å². The largest absolute Gasteiger partial charge is 0.339 e. The average molecular weight is 336 g/mol. The van der Waals surface area contributed by atoms with Crippen molar-refractivity contribution < 1.29 is 4.52 Å². The third-order valence-corrected chi connectivity index (χ3v) is 4.59. The summed E-state index contributed by atoms with van der Waals surface area (Å²) in [7, 11) is 0. The quantitative estimate of drug-likeness (QED) is 0.932. The second-order valence-electron chi connectivity index (χ2n) is 5.38. The molecule has 2 heterocycles. The Bertz CT molecular complexity index is 590. The van der Waals surface area contributed by atoms with E-state index < -0.39 is 0 Å². The first-order chi connectivity index (χ1) is 9.72. The van der Waals surface area contributed by atoms with Crippen molar-refractivity contribution in [3.63, 3.8) is 0 Å². The molecule has 1 unspecified atom stereocenters. The molecule has 0 amide bonds. The van der Waals surface area contributed by atoms with Gasteiger partial charge in [0.05, 0.1) is 5.41 Å². The Morgan fingerprint density at radius 2 is 2.35 bits per heavy atom. The lowest BCUT2D eigenvalue weighted by molar-refractivity contribution is 0.283. The van der Waals surface area contributed by atoms with Crippen LogP contribution in [0.2, 0.25) is 0 Å². The summed E-state index contributed by atoms with van der Waals surface area (Å²) in [5.74, 6) is 1.55. The van der Waals surface area contributed by atoms with Crippen molar-refractivity contribution in [2.75, 3.05) is 13.1 Å². The first-order valence-corrected chi connectivity index (χ1v) is 7.79. The predicted octanol–water partition coefficient (Wildman–Crippen LogP) is 3.06. The molecule has 0 saturated carbocycles. The van der Waals surface area contributed by atoms with Gasteiger partial charge in [-0.15, -0.1) is 0 Å². The van der Waals surface area contributed by atoms with Crippen molar-refractivity contribution in [3.05, 3.63) is 46.0 Å². The van der Waals surface area contributed by atoms with Crippen molar-refractivity contribution in [1.29, 1.82) is 0 Å². The van der Waals surface area contributed by atoms with E-state index in [1.165, 1.54) is 5.56 Å². The van der Waals surface area contributed by atoms with Crippen LogP contribution < -0.4 is 5.32 Å². The molecule has 20 heavy (non-hydrogen) atoms. The van der Waals surface area contributed by atoms with Crippen LogP contribution in [0.4, 0.5) is 0 Å². The average Bonchev–Trinajstić information content (AvgIpc) is 3.08. The van der Waals surface area contributed by atoms with E-state index in [2.05, 4.69) is 50.4 Å². The van der Waals surface area contributed by atoms with Crippen LogP contribution in [0, 0.1) is 0 Å². The van der Waals surface area contributed by atoms with Crippen molar-refractivity contribution in [3.8, 4) is 0 Å². The van der Waals surface area contributed by atoms with Gasteiger partial charge in [-0.25, -0.2) is 0 Å². The van der Waals surface area contributed by atoms with Crippen molar-refractivity contribution in [1.82, 2.24) is 15.5 Å². The summed E-state index contributed by atoms with van der Waals surface area (Å²) in [5.41, 5.74) is 1.21. The standard InChI is InChI=1S/C15H18BrN3O/c1-2-15(6-7-17-10-15)14-18-13(19-20-14)9-11-4-3-5-12(16)8-11/h3-5,8,17H,2,6-7,9-10H2,1H3. The number of halogens is 1. The van der Waals surface area contributed by atoms with Gasteiger partial charge in [0.1, 0.15) is 0 Å². The molecule has 5 heteroatoms. The number of hydrogen-bond acceptors (Lipinski definition) is 4. The number of nitrogens with one attached hydrogen (secondary N) is 1. The summed E-state index contributed by atoms with van der Waals surface area (Å²) in [6, 6.07) is 8.20. The first kappa shape index (κ1) is 13.8. The van der Waals surface area contributed by atoms with E-state index in [1.807, 2.05) is 12.1 Å². The van der Waals surface area contributed by atoms with Gasteiger partial charge in [-0.1, -0.05) is 40.1 Å². The first-order valence-electron chi connectivity index (χ1n) is 7.00. The smallest absolute Gasteiger partial charge is 0.234 e. The molecular weight excluding hydrogens is 318 g/mol. The van der Waals surface area contributed by atoms with E-state index in [4.69, 9.17) is 4.52 Å². The topological polar surface area (TPSA) is 51.0 Å². The van der Waals surface area contributed by atoms with Gasteiger partial charge < -0.3 is 9.84 Å². The molecule has 1 fully saturated rings. The molecule has 1 atom stereocenters. The third kappa shape index (κ3) is 2.65. The summed E-state index contributed by atoms with van der Waals surface area (Å²) in [4.78, 5) is 4.63. The summed E-state index contributed by atoms with van der Waals surface area (Å²) in [6.45, 7) is 4.14. The van der Waals surface area contributed by atoms with E-state index in [-0.39, 0.29) is 5.41 Å². The Balaban J connectivity index is 1.80. The van der Waals surface area contributed by atoms with Gasteiger partial charge in [-0.2, -0.15) is 4.98 Å². The molecule has 0 spiro atoms. The molecule has 0 aliphatic carbocycles.